The molecule has 2 unspecified atom stereocenters. The minimum Gasteiger partial charge on any atom is -0.312 e. The van der Waals surface area contributed by atoms with E-state index in [1.807, 2.05) is 18.2 Å². The summed E-state index contributed by atoms with van der Waals surface area (Å²) in [5.41, 5.74) is 3.87. The third-order valence-electron chi connectivity index (χ3n) is 5.72. The van der Waals surface area contributed by atoms with Gasteiger partial charge in [-0.15, -0.1) is 0 Å². The third-order valence-corrected chi connectivity index (χ3v) is 5.95. The predicted octanol–water partition coefficient (Wildman–Crippen LogP) is 3.70. The summed E-state index contributed by atoms with van der Waals surface area (Å²) >= 11 is 6.10. The summed E-state index contributed by atoms with van der Waals surface area (Å²) in [4.78, 5) is 4.98. The number of likely N-dealkylation sites (N-methyl/N-ethyl adjacent to an activating group) is 1. The van der Waals surface area contributed by atoms with Crippen LogP contribution in [0.1, 0.15) is 17.9 Å². The monoisotopic (exact) mass is 369 g/mol. The Balaban J connectivity index is 1.25. The van der Waals surface area contributed by atoms with Crippen LogP contribution in [0.5, 0.6) is 0 Å². The molecule has 3 nitrogen and oxygen atoms in total. The topological polar surface area (TPSA) is 18.5 Å². The van der Waals surface area contributed by atoms with Crippen molar-refractivity contribution in [2.24, 2.45) is 0 Å². The summed E-state index contributed by atoms with van der Waals surface area (Å²) in [7, 11) is 2.21. The molecule has 1 N–H and O–H groups in total. The Morgan fingerprint density at radius 2 is 1.77 bits per heavy atom. The first-order valence-electron chi connectivity index (χ1n) is 9.69. The van der Waals surface area contributed by atoms with E-state index in [2.05, 4.69) is 52.5 Å². The number of rotatable bonds is 6. The highest BCUT2D eigenvalue weighted by atomic mass is 35.5. The molecule has 0 spiro atoms. The van der Waals surface area contributed by atoms with E-state index in [0.717, 1.165) is 11.6 Å². The van der Waals surface area contributed by atoms with E-state index in [1.165, 1.54) is 55.8 Å². The zero-order valence-electron chi connectivity index (χ0n) is 15.5. The molecule has 0 bridgehead atoms. The second kappa shape index (κ2) is 8.10. The van der Waals surface area contributed by atoms with Crippen LogP contribution in [-0.2, 0) is 0 Å². The highest BCUT2D eigenvalue weighted by Crippen LogP contribution is 2.41. The fourth-order valence-corrected chi connectivity index (χ4v) is 4.05. The fraction of sp³-hybridized carbons (Fsp3) is 0.455. The number of piperazine rings is 1. The first kappa shape index (κ1) is 18.0. The van der Waals surface area contributed by atoms with Gasteiger partial charge in [0.1, 0.15) is 0 Å². The van der Waals surface area contributed by atoms with Crippen LogP contribution in [-0.4, -0.2) is 62.2 Å². The molecule has 1 aliphatic carbocycles. The molecule has 2 atom stereocenters. The van der Waals surface area contributed by atoms with Gasteiger partial charge < -0.3 is 10.2 Å². The summed E-state index contributed by atoms with van der Waals surface area (Å²) in [6.07, 6.45) is 1.26. The maximum atomic E-state index is 6.10. The molecule has 0 aromatic heterocycles. The molecule has 1 heterocycles. The molecule has 2 aliphatic rings. The molecule has 2 aromatic carbocycles. The molecular weight excluding hydrogens is 342 g/mol. The summed E-state index contributed by atoms with van der Waals surface area (Å²) in [6, 6.07) is 17.7. The van der Waals surface area contributed by atoms with E-state index in [0.29, 0.717) is 12.0 Å². The predicted molar refractivity (Wildman–Crippen MR) is 110 cm³/mol. The van der Waals surface area contributed by atoms with Crippen LogP contribution >= 0.6 is 11.6 Å². The number of halogens is 1. The standard InChI is InChI=1S/C22H28ClN3/c1-25-11-13-26(14-12-25)10-9-24-22-16-21(22)18-7-5-17(6-8-18)19-3-2-4-20(23)15-19/h2-8,15,21-22,24H,9-14,16H2,1H3. The summed E-state index contributed by atoms with van der Waals surface area (Å²) < 4.78 is 0. The molecule has 2 fully saturated rings. The van der Waals surface area contributed by atoms with Crippen LogP contribution in [0.4, 0.5) is 0 Å². The summed E-state index contributed by atoms with van der Waals surface area (Å²) in [5.74, 6) is 0.677. The van der Waals surface area contributed by atoms with Gasteiger partial charge in [0.05, 0.1) is 0 Å². The maximum absolute atomic E-state index is 6.10. The Bertz CT molecular complexity index is 722. The second-order valence-electron chi connectivity index (χ2n) is 7.68. The number of benzene rings is 2. The van der Waals surface area contributed by atoms with Crippen molar-refractivity contribution in [1.29, 1.82) is 0 Å². The normalized spacial score (nSPS) is 23.9. The molecule has 2 aromatic rings. The number of hydrogen-bond acceptors (Lipinski definition) is 3. The molecule has 4 heteroatoms. The van der Waals surface area contributed by atoms with Crippen LogP contribution < -0.4 is 5.32 Å². The molecule has 1 saturated carbocycles. The largest absolute Gasteiger partial charge is 0.312 e. The highest BCUT2D eigenvalue weighted by Gasteiger charge is 2.37. The Kier molecular flexibility index (Phi) is 5.60. The van der Waals surface area contributed by atoms with Gasteiger partial charge in [-0.05, 0) is 42.3 Å². The van der Waals surface area contributed by atoms with Crippen LogP contribution in [0.2, 0.25) is 5.02 Å². The SMILES string of the molecule is CN1CCN(CCNC2CC2c2ccc(-c3cccc(Cl)c3)cc2)CC1. The fourth-order valence-electron chi connectivity index (χ4n) is 3.86. The van der Waals surface area contributed by atoms with Gasteiger partial charge in [0.25, 0.3) is 0 Å². The quantitative estimate of drug-likeness (QED) is 0.837. The Labute approximate surface area is 161 Å². The lowest BCUT2D eigenvalue weighted by Gasteiger charge is -2.32. The molecular formula is C22H28ClN3. The lowest BCUT2D eigenvalue weighted by molar-refractivity contribution is 0.154. The molecule has 0 amide bonds. The average Bonchev–Trinajstić information content (AvgIpc) is 3.43. The van der Waals surface area contributed by atoms with E-state index in [9.17, 15) is 0 Å². The minimum atomic E-state index is 0.652. The van der Waals surface area contributed by atoms with Crippen molar-refractivity contribution in [3.05, 3.63) is 59.1 Å². The van der Waals surface area contributed by atoms with Crippen molar-refractivity contribution < 1.29 is 0 Å². The second-order valence-corrected chi connectivity index (χ2v) is 8.12. The minimum absolute atomic E-state index is 0.652. The van der Waals surface area contributed by atoms with Crippen LogP contribution in [0, 0.1) is 0 Å². The van der Waals surface area contributed by atoms with Gasteiger partial charge in [-0.3, -0.25) is 4.90 Å². The smallest absolute Gasteiger partial charge is 0.0412 e. The van der Waals surface area contributed by atoms with Gasteiger partial charge in [0, 0.05) is 56.3 Å². The lowest BCUT2D eigenvalue weighted by Crippen LogP contribution is -2.46. The van der Waals surface area contributed by atoms with Crippen LogP contribution in [0.15, 0.2) is 48.5 Å². The van der Waals surface area contributed by atoms with Gasteiger partial charge >= 0.3 is 0 Å². The van der Waals surface area contributed by atoms with E-state index < -0.39 is 0 Å². The van der Waals surface area contributed by atoms with E-state index in [1.54, 1.807) is 0 Å². The van der Waals surface area contributed by atoms with Gasteiger partial charge in [0.15, 0.2) is 0 Å². The molecule has 138 valence electrons. The van der Waals surface area contributed by atoms with Crippen molar-refractivity contribution in [2.45, 2.75) is 18.4 Å². The molecule has 4 rings (SSSR count). The number of hydrogen-bond donors (Lipinski definition) is 1. The molecule has 26 heavy (non-hydrogen) atoms. The Morgan fingerprint density at radius 3 is 2.50 bits per heavy atom. The van der Waals surface area contributed by atoms with E-state index in [4.69, 9.17) is 11.6 Å². The lowest BCUT2D eigenvalue weighted by atomic mass is 10.0. The summed E-state index contributed by atoms with van der Waals surface area (Å²) in [5, 5.41) is 4.53. The van der Waals surface area contributed by atoms with Crippen molar-refractivity contribution in [1.82, 2.24) is 15.1 Å². The first-order chi connectivity index (χ1) is 12.7. The Morgan fingerprint density at radius 1 is 1.00 bits per heavy atom. The van der Waals surface area contributed by atoms with Gasteiger partial charge in [0.2, 0.25) is 0 Å². The Hall–Kier alpha value is -1.39. The van der Waals surface area contributed by atoms with Gasteiger partial charge in [-0.2, -0.15) is 0 Å². The van der Waals surface area contributed by atoms with E-state index >= 15 is 0 Å². The zero-order chi connectivity index (χ0) is 17.9. The van der Waals surface area contributed by atoms with Crippen molar-refractivity contribution in [3.8, 4) is 11.1 Å². The van der Waals surface area contributed by atoms with E-state index in [-0.39, 0.29) is 0 Å². The van der Waals surface area contributed by atoms with Crippen LogP contribution in [0.25, 0.3) is 11.1 Å². The maximum Gasteiger partial charge on any atom is 0.0412 e. The summed E-state index contributed by atoms with van der Waals surface area (Å²) in [6.45, 7) is 7.08. The molecule has 0 radical (unpaired) electrons. The van der Waals surface area contributed by atoms with Gasteiger partial charge in [-0.25, -0.2) is 0 Å². The number of nitrogens with zero attached hydrogens (tertiary/aromatic N) is 2. The zero-order valence-corrected chi connectivity index (χ0v) is 16.3. The van der Waals surface area contributed by atoms with Crippen molar-refractivity contribution >= 4 is 11.6 Å². The van der Waals surface area contributed by atoms with Crippen molar-refractivity contribution in [2.75, 3.05) is 46.3 Å². The van der Waals surface area contributed by atoms with Gasteiger partial charge in [-0.1, -0.05) is 48.0 Å². The molecule has 1 saturated heterocycles. The van der Waals surface area contributed by atoms with Crippen molar-refractivity contribution in [3.63, 3.8) is 0 Å². The number of nitrogens with one attached hydrogen (secondary N) is 1. The van der Waals surface area contributed by atoms with Crippen LogP contribution in [0.3, 0.4) is 0 Å². The average molecular weight is 370 g/mol. The highest BCUT2D eigenvalue weighted by molar-refractivity contribution is 6.30. The first-order valence-corrected chi connectivity index (χ1v) is 10.1. The third kappa shape index (κ3) is 4.47. The molecule has 1 aliphatic heterocycles.